The Bertz CT molecular complexity index is 483. The van der Waals surface area contributed by atoms with E-state index in [4.69, 9.17) is 16.3 Å². The molecule has 0 atom stereocenters. The van der Waals surface area contributed by atoms with Gasteiger partial charge in [-0.3, -0.25) is 4.99 Å². The van der Waals surface area contributed by atoms with E-state index < -0.39 is 0 Å². The molecule has 2 saturated heterocycles. The highest BCUT2D eigenvalue weighted by Crippen LogP contribution is 2.31. The van der Waals surface area contributed by atoms with Crippen LogP contribution in [0.25, 0.3) is 0 Å². The number of hydrogen-bond donors (Lipinski definition) is 1. The normalized spacial score (nSPS) is 23.1. The molecule has 2 fully saturated rings. The Kier molecular flexibility index (Phi) is 4.54. The summed E-state index contributed by atoms with van der Waals surface area (Å²) in [6.45, 7) is 2.56. The largest absolute Gasteiger partial charge is 0.381 e. The van der Waals surface area contributed by atoms with E-state index in [0.717, 1.165) is 55.0 Å². The average molecular weight is 311 g/mol. The van der Waals surface area contributed by atoms with E-state index in [1.165, 1.54) is 5.56 Å². The van der Waals surface area contributed by atoms with Crippen LogP contribution in [0.4, 0.5) is 0 Å². The van der Waals surface area contributed by atoms with Gasteiger partial charge in [0.05, 0.1) is 5.54 Å². The van der Waals surface area contributed by atoms with Gasteiger partial charge in [0.25, 0.3) is 0 Å². The van der Waals surface area contributed by atoms with Crippen LogP contribution in [-0.2, 0) is 11.2 Å². The lowest BCUT2D eigenvalue weighted by atomic mass is 9.93. The molecule has 0 aliphatic carbocycles. The summed E-state index contributed by atoms with van der Waals surface area (Å²) >= 11 is 7.73. The zero-order valence-electron chi connectivity index (χ0n) is 11.4. The maximum atomic E-state index is 5.88. The first-order valence-electron chi connectivity index (χ1n) is 7.03. The number of nitrogens with one attached hydrogen (secondary N) is 1. The predicted octanol–water partition coefficient (Wildman–Crippen LogP) is 3.12. The third kappa shape index (κ3) is 3.48. The summed E-state index contributed by atoms with van der Waals surface area (Å²) in [6, 6.07) is 8.00. The second kappa shape index (κ2) is 6.37. The lowest BCUT2D eigenvalue weighted by Crippen LogP contribution is -2.48. The highest BCUT2D eigenvalue weighted by molar-refractivity contribution is 8.14. The quantitative estimate of drug-likeness (QED) is 0.931. The maximum Gasteiger partial charge on any atom is 0.157 e. The Morgan fingerprint density at radius 3 is 2.75 bits per heavy atom. The molecule has 3 nitrogen and oxygen atoms in total. The first-order chi connectivity index (χ1) is 9.76. The summed E-state index contributed by atoms with van der Waals surface area (Å²) in [4.78, 5) is 4.69. The van der Waals surface area contributed by atoms with Gasteiger partial charge in [0.15, 0.2) is 5.17 Å². The first kappa shape index (κ1) is 14.2. The smallest absolute Gasteiger partial charge is 0.157 e. The van der Waals surface area contributed by atoms with Gasteiger partial charge in [0, 0.05) is 30.5 Å². The molecule has 5 heteroatoms. The van der Waals surface area contributed by atoms with Gasteiger partial charge in [0.2, 0.25) is 0 Å². The van der Waals surface area contributed by atoms with Crippen LogP contribution < -0.4 is 5.32 Å². The van der Waals surface area contributed by atoms with Gasteiger partial charge < -0.3 is 10.1 Å². The van der Waals surface area contributed by atoms with Crippen molar-refractivity contribution in [2.75, 3.05) is 25.5 Å². The fourth-order valence-corrected chi connectivity index (χ4v) is 3.93. The lowest BCUT2D eigenvalue weighted by molar-refractivity contribution is 0.0555. The molecular formula is C15H19ClN2OS. The van der Waals surface area contributed by atoms with Gasteiger partial charge in [-0.25, -0.2) is 0 Å². The fraction of sp³-hybridized carbons (Fsp3) is 0.533. The van der Waals surface area contributed by atoms with Gasteiger partial charge in [-0.15, -0.1) is 0 Å². The number of halogens is 1. The van der Waals surface area contributed by atoms with Crippen molar-refractivity contribution < 1.29 is 4.74 Å². The van der Waals surface area contributed by atoms with Gasteiger partial charge >= 0.3 is 0 Å². The summed E-state index contributed by atoms with van der Waals surface area (Å²) in [5.74, 6) is 1.12. The lowest BCUT2D eigenvalue weighted by Gasteiger charge is -2.32. The zero-order chi connectivity index (χ0) is 13.8. The van der Waals surface area contributed by atoms with E-state index in [9.17, 15) is 0 Å². The SMILES string of the molecule is Clc1ccc(CCN=C2NC3(CCOCC3)CS2)cc1. The van der Waals surface area contributed by atoms with Gasteiger partial charge in [-0.05, 0) is 37.0 Å². The van der Waals surface area contributed by atoms with Crippen LogP contribution in [0, 0.1) is 0 Å². The second-order valence-corrected chi connectivity index (χ2v) is 6.77. The second-order valence-electron chi connectivity index (χ2n) is 5.37. The highest BCUT2D eigenvalue weighted by atomic mass is 35.5. The number of thioether (sulfide) groups is 1. The van der Waals surface area contributed by atoms with Crippen molar-refractivity contribution >= 4 is 28.5 Å². The van der Waals surface area contributed by atoms with Crippen molar-refractivity contribution in [3.05, 3.63) is 34.9 Å². The topological polar surface area (TPSA) is 33.6 Å². The summed E-state index contributed by atoms with van der Waals surface area (Å²) in [5.41, 5.74) is 1.52. The number of amidine groups is 1. The zero-order valence-corrected chi connectivity index (χ0v) is 13.0. The fourth-order valence-electron chi connectivity index (χ4n) is 2.56. The van der Waals surface area contributed by atoms with Crippen molar-refractivity contribution in [1.29, 1.82) is 0 Å². The molecule has 1 spiro atoms. The molecule has 1 N–H and O–H groups in total. The number of aliphatic imine (C=N–C) groups is 1. The molecule has 1 aromatic carbocycles. The van der Waals surface area contributed by atoms with Gasteiger partial charge in [0.1, 0.15) is 0 Å². The van der Waals surface area contributed by atoms with Crippen LogP contribution in [0.15, 0.2) is 29.3 Å². The molecule has 0 saturated carbocycles. The van der Waals surface area contributed by atoms with Crippen molar-refractivity contribution in [3.8, 4) is 0 Å². The third-order valence-corrected chi connectivity index (χ3v) is 5.33. The van der Waals surface area contributed by atoms with E-state index in [0.29, 0.717) is 0 Å². The maximum absolute atomic E-state index is 5.88. The molecule has 0 amide bonds. The number of rotatable bonds is 3. The van der Waals surface area contributed by atoms with Crippen LogP contribution in [0.1, 0.15) is 18.4 Å². The third-order valence-electron chi connectivity index (χ3n) is 3.88. The van der Waals surface area contributed by atoms with Gasteiger partial charge in [-0.2, -0.15) is 0 Å². The van der Waals surface area contributed by atoms with Crippen LogP contribution >= 0.6 is 23.4 Å². The first-order valence-corrected chi connectivity index (χ1v) is 8.40. The van der Waals surface area contributed by atoms with Crippen molar-refractivity contribution in [2.45, 2.75) is 24.8 Å². The van der Waals surface area contributed by atoms with Crippen molar-refractivity contribution in [3.63, 3.8) is 0 Å². The Labute approximate surface area is 129 Å². The number of ether oxygens (including phenoxy) is 1. The van der Waals surface area contributed by atoms with Crippen molar-refractivity contribution in [1.82, 2.24) is 5.32 Å². The summed E-state index contributed by atoms with van der Waals surface area (Å²) in [6.07, 6.45) is 3.14. The monoisotopic (exact) mass is 310 g/mol. The molecule has 108 valence electrons. The summed E-state index contributed by atoms with van der Waals surface area (Å²) < 4.78 is 5.44. The summed E-state index contributed by atoms with van der Waals surface area (Å²) in [7, 11) is 0. The van der Waals surface area contributed by atoms with E-state index in [-0.39, 0.29) is 5.54 Å². The molecule has 0 bridgehead atoms. The molecule has 20 heavy (non-hydrogen) atoms. The minimum atomic E-state index is 0.238. The molecule has 0 aromatic heterocycles. The van der Waals surface area contributed by atoms with E-state index in [2.05, 4.69) is 22.4 Å². The molecule has 0 unspecified atom stereocenters. The molecule has 2 aliphatic rings. The van der Waals surface area contributed by atoms with E-state index in [1.54, 1.807) is 0 Å². The minimum Gasteiger partial charge on any atom is -0.381 e. The van der Waals surface area contributed by atoms with Crippen LogP contribution in [0.5, 0.6) is 0 Å². The van der Waals surface area contributed by atoms with E-state index >= 15 is 0 Å². The average Bonchev–Trinajstić information content (AvgIpc) is 2.85. The molecule has 2 heterocycles. The Morgan fingerprint density at radius 2 is 2.00 bits per heavy atom. The van der Waals surface area contributed by atoms with Crippen molar-refractivity contribution in [2.24, 2.45) is 4.99 Å². The summed E-state index contributed by atoms with van der Waals surface area (Å²) in [5, 5.41) is 5.50. The molecule has 1 aromatic rings. The van der Waals surface area contributed by atoms with Crippen LogP contribution in [0.2, 0.25) is 5.02 Å². The molecule has 3 rings (SSSR count). The molecule has 2 aliphatic heterocycles. The minimum absolute atomic E-state index is 0.238. The Balaban J connectivity index is 1.51. The van der Waals surface area contributed by atoms with Gasteiger partial charge in [-0.1, -0.05) is 35.5 Å². The van der Waals surface area contributed by atoms with Crippen LogP contribution in [0.3, 0.4) is 0 Å². The number of benzene rings is 1. The standard InChI is InChI=1S/C15H19ClN2OS/c16-13-3-1-12(2-4-13)5-8-17-14-18-15(11-20-14)6-9-19-10-7-15/h1-4H,5-11H2,(H,17,18). The van der Waals surface area contributed by atoms with E-state index in [1.807, 2.05) is 23.9 Å². The molecule has 0 radical (unpaired) electrons. The predicted molar refractivity (Wildman–Crippen MR) is 85.8 cm³/mol. The molecular weight excluding hydrogens is 292 g/mol. The van der Waals surface area contributed by atoms with Crippen LogP contribution in [-0.4, -0.2) is 36.2 Å². The Hall–Kier alpha value is -0.710. The Morgan fingerprint density at radius 1 is 1.25 bits per heavy atom. The highest BCUT2D eigenvalue weighted by Gasteiger charge is 2.38. The number of hydrogen-bond acceptors (Lipinski definition) is 3. The number of nitrogens with zero attached hydrogens (tertiary/aromatic N) is 1.